The molecule has 1 aliphatic heterocycles. The van der Waals surface area contributed by atoms with E-state index >= 15 is 0 Å². The Hall–Kier alpha value is -2.04. The predicted molar refractivity (Wildman–Crippen MR) is 118 cm³/mol. The summed E-state index contributed by atoms with van der Waals surface area (Å²) in [5.41, 5.74) is 3.92. The first-order valence-electron chi connectivity index (χ1n) is 11.3. The molecule has 5 nitrogen and oxygen atoms in total. The van der Waals surface area contributed by atoms with Crippen LogP contribution in [0.3, 0.4) is 0 Å². The van der Waals surface area contributed by atoms with E-state index in [-0.39, 0.29) is 11.8 Å². The van der Waals surface area contributed by atoms with Gasteiger partial charge in [-0.15, -0.1) is 0 Å². The lowest BCUT2D eigenvalue weighted by Crippen LogP contribution is -2.50. The molecule has 0 atom stereocenters. The maximum atomic E-state index is 12.8. The van der Waals surface area contributed by atoms with Gasteiger partial charge in [0.25, 0.3) is 0 Å². The van der Waals surface area contributed by atoms with E-state index < -0.39 is 0 Å². The van der Waals surface area contributed by atoms with Crippen molar-refractivity contribution in [2.45, 2.75) is 71.8 Å². The Morgan fingerprint density at radius 2 is 1.66 bits per heavy atom. The van der Waals surface area contributed by atoms with Crippen molar-refractivity contribution in [3.05, 3.63) is 29.3 Å². The summed E-state index contributed by atoms with van der Waals surface area (Å²) >= 11 is 0. The smallest absolute Gasteiger partial charge is 0.224 e. The normalized spacial score (nSPS) is 18.4. The minimum atomic E-state index is 0.115. The van der Waals surface area contributed by atoms with Gasteiger partial charge in [-0.05, 0) is 43.9 Å². The molecule has 1 aromatic rings. The van der Waals surface area contributed by atoms with Crippen LogP contribution in [0.5, 0.6) is 0 Å². The van der Waals surface area contributed by atoms with E-state index in [2.05, 4.69) is 36.9 Å². The fraction of sp³-hybridized carbons (Fsp3) is 0.667. The number of piperazine rings is 1. The maximum Gasteiger partial charge on any atom is 0.224 e. The summed E-state index contributed by atoms with van der Waals surface area (Å²) in [5, 5.41) is 0. The van der Waals surface area contributed by atoms with Gasteiger partial charge in [0.2, 0.25) is 11.8 Å². The van der Waals surface area contributed by atoms with Crippen molar-refractivity contribution in [3.8, 4) is 0 Å². The molecule has 0 spiro atoms. The molecule has 1 saturated heterocycles. The number of aryl methyl sites for hydroxylation is 1. The third kappa shape index (κ3) is 5.52. The number of rotatable bonds is 5. The van der Waals surface area contributed by atoms with Gasteiger partial charge in [-0.25, -0.2) is 0 Å². The molecule has 29 heavy (non-hydrogen) atoms. The van der Waals surface area contributed by atoms with Gasteiger partial charge in [-0.2, -0.15) is 0 Å². The van der Waals surface area contributed by atoms with Crippen molar-refractivity contribution in [2.24, 2.45) is 0 Å². The van der Waals surface area contributed by atoms with E-state index in [1.165, 1.54) is 42.5 Å². The van der Waals surface area contributed by atoms with Gasteiger partial charge in [0.05, 0.1) is 0 Å². The highest BCUT2D eigenvalue weighted by Crippen LogP contribution is 2.25. The molecule has 1 heterocycles. The Balaban J connectivity index is 1.51. The van der Waals surface area contributed by atoms with Crippen LogP contribution in [-0.4, -0.2) is 60.4 Å². The highest BCUT2D eigenvalue weighted by atomic mass is 16.2. The van der Waals surface area contributed by atoms with E-state index in [1.807, 2.05) is 9.80 Å². The number of hydrogen-bond acceptors (Lipinski definition) is 3. The molecule has 5 heteroatoms. The molecule has 2 fully saturated rings. The zero-order valence-corrected chi connectivity index (χ0v) is 18.5. The van der Waals surface area contributed by atoms with E-state index in [0.29, 0.717) is 19.0 Å². The van der Waals surface area contributed by atoms with Gasteiger partial charge in [-0.3, -0.25) is 9.59 Å². The summed E-state index contributed by atoms with van der Waals surface area (Å²) in [6.07, 6.45) is 7.55. The number of carbonyl (C=O) groups excluding carboxylic acids is 2. The molecule has 0 aromatic heterocycles. The molecular formula is C24H37N3O2. The van der Waals surface area contributed by atoms with Crippen molar-refractivity contribution in [1.29, 1.82) is 0 Å². The summed E-state index contributed by atoms with van der Waals surface area (Å²) in [4.78, 5) is 31.3. The molecule has 1 aromatic carbocycles. The van der Waals surface area contributed by atoms with Gasteiger partial charge in [0.1, 0.15) is 0 Å². The molecule has 2 aliphatic rings. The van der Waals surface area contributed by atoms with Crippen LogP contribution in [0.1, 0.15) is 63.0 Å². The summed E-state index contributed by atoms with van der Waals surface area (Å²) in [7, 11) is 0. The predicted octanol–water partition coefficient (Wildman–Crippen LogP) is 3.91. The van der Waals surface area contributed by atoms with Crippen LogP contribution in [0.25, 0.3) is 0 Å². The quantitative estimate of drug-likeness (QED) is 0.705. The summed E-state index contributed by atoms with van der Waals surface area (Å²) in [6, 6.07) is 6.76. The van der Waals surface area contributed by atoms with Crippen LogP contribution in [0, 0.1) is 13.8 Å². The monoisotopic (exact) mass is 399 g/mol. The van der Waals surface area contributed by atoms with Crippen LogP contribution < -0.4 is 4.90 Å². The Labute approximate surface area is 176 Å². The van der Waals surface area contributed by atoms with Crippen LogP contribution in [0.4, 0.5) is 5.69 Å². The first-order valence-corrected chi connectivity index (χ1v) is 11.3. The molecule has 0 unspecified atom stereocenters. The average molecular weight is 400 g/mol. The van der Waals surface area contributed by atoms with Crippen LogP contribution in [0.15, 0.2) is 18.2 Å². The first-order chi connectivity index (χ1) is 14.0. The van der Waals surface area contributed by atoms with E-state index in [0.717, 1.165) is 39.0 Å². The lowest BCUT2D eigenvalue weighted by molar-refractivity contribution is -0.135. The number of anilines is 1. The Morgan fingerprint density at radius 1 is 1.00 bits per heavy atom. The van der Waals surface area contributed by atoms with E-state index in [4.69, 9.17) is 0 Å². The fourth-order valence-electron chi connectivity index (χ4n) is 4.82. The third-order valence-corrected chi connectivity index (χ3v) is 6.79. The molecule has 160 valence electrons. The lowest BCUT2D eigenvalue weighted by Gasteiger charge is -2.37. The second-order valence-electron chi connectivity index (χ2n) is 8.69. The molecule has 2 amide bonds. The summed E-state index contributed by atoms with van der Waals surface area (Å²) in [6.45, 7) is 9.80. The standard InChI is InChI=1S/C24H37N3O2/c1-19-9-8-12-23(20(19)2)25-15-17-26(18-16-25)24(29)13-14-27(21(3)28)22-10-6-4-5-7-11-22/h8-9,12,22H,4-7,10-11,13-18H2,1-3H3. The number of benzene rings is 1. The van der Waals surface area contributed by atoms with Crippen molar-refractivity contribution in [2.75, 3.05) is 37.6 Å². The summed E-state index contributed by atoms with van der Waals surface area (Å²) in [5.74, 6) is 0.301. The van der Waals surface area contributed by atoms with Crippen LogP contribution in [0.2, 0.25) is 0 Å². The minimum Gasteiger partial charge on any atom is -0.368 e. The average Bonchev–Trinajstić information content (AvgIpc) is 2.99. The van der Waals surface area contributed by atoms with Crippen molar-refractivity contribution >= 4 is 17.5 Å². The van der Waals surface area contributed by atoms with Gasteiger partial charge in [-0.1, -0.05) is 37.8 Å². The Bertz CT molecular complexity index is 702. The van der Waals surface area contributed by atoms with Crippen LogP contribution in [-0.2, 0) is 9.59 Å². The molecular weight excluding hydrogens is 362 g/mol. The number of amides is 2. The summed E-state index contributed by atoms with van der Waals surface area (Å²) < 4.78 is 0. The molecule has 0 radical (unpaired) electrons. The van der Waals surface area contributed by atoms with Gasteiger partial charge >= 0.3 is 0 Å². The number of carbonyl (C=O) groups is 2. The molecule has 0 bridgehead atoms. The molecule has 0 N–H and O–H groups in total. The molecule has 3 rings (SSSR count). The molecule has 1 aliphatic carbocycles. The SMILES string of the molecule is CC(=O)N(CCC(=O)N1CCN(c2cccc(C)c2C)CC1)C1CCCCCC1. The topological polar surface area (TPSA) is 43.9 Å². The fourth-order valence-corrected chi connectivity index (χ4v) is 4.82. The Kier molecular flexibility index (Phi) is 7.57. The zero-order chi connectivity index (χ0) is 20.8. The van der Waals surface area contributed by atoms with Gasteiger partial charge in [0.15, 0.2) is 0 Å². The number of nitrogens with zero attached hydrogens (tertiary/aromatic N) is 3. The zero-order valence-electron chi connectivity index (χ0n) is 18.5. The van der Waals surface area contributed by atoms with Crippen LogP contribution >= 0.6 is 0 Å². The van der Waals surface area contributed by atoms with Crippen molar-refractivity contribution in [1.82, 2.24) is 9.80 Å². The first kappa shape index (κ1) is 21.7. The second-order valence-corrected chi connectivity index (χ2v) is 8.69. The van der Waals surface area contributed by atoms with Crippen molar-refractivity contribution in [3.63, 3.8) is 0 Å². The van der Waals surface area contributed by atoms with Gasteiger partial charge in [0, 0.05) is 57.8 Å². The maximum absolute atomic E-state index is 12.8. The molecule has 1 saturated carbocycles. The minimum absolute atomic E-state index is 0.115. The van der Waals surface area contributed by atoms with Gasteiger partial charge < -0.3 is 14.7 Å². The largest absolute Gasteiger partial charge is 0.368 e. The third-order valence-electron chi connectivity index (χ3n) is 6.79. The van der Waals surface area contributed by atoms with E-state index in [9.17, 15) is 9.59 Å². The lowest BCUT2D eigenvalue weighted by atomic mass is 10.1. The van der Waals surface area contributed by atoms with Crippen molar-refractivity contribution < 1.29 is 9.59 Å². The number of hydrogen-bond donors (Lipinski definition) is 0. The van der Waals surface area contributed by atoms with E-state index in [1.54, 1.807) is 6.92 Å². The highest BCUT2D eigenvalue weighted by Gasteiger charge is 2.26. The highest BCUT2D eigenvalue weighted by molar-refractivity contribution is 5.78. The Morgan fingerprint density at radius 3 is 2.28 bits per heavy atom. The second kappa shape index (κ2) is 10.1.